The van der Waals surface area contributed by atoms with Crippen molar-refractivity contribution in [2.24, 2.45) is 0 Å². The first-order valence-electron chi connectivity index (χ1n) is 6.56. The van der Waals surface area contributed by atoms with E-state index >= 15 is 0 Å². The number of carbonyl (C=O) groups excluding carboxylic acids is 2. The Morgan fingerprint density at radius 1 is 1.18 bits per heavy atom. The fourth-order valence-corrected chi connectivity index (χ4v) is 2.06. The van der Waals surface area contributed by atoms with Crippen molar-refractivity contribution >= 4 is 29.1 Å². The molecular weight excluding hydrogens is 304 g/mol. The maximum atomic E-state index is 12.0. The Kier molecular flexibility index (Phi) is 5.01. The van der Waals surface area contributed by atoms with Gasteiger partial charge in [0.1, 0.15) is 5.75 Å². The number of hydrogen-bond acceptors (Lipinski definition) is 3. The van der Waals surface area contributed by atoms with Crippen LogP contribution < -0.4 is 5.32 Å². The van der Waals surface area contributed by atoms with Gasteiger partial charge in [-0.3, -0.25) is 9.59 Å². The van der Waals surface area contributed by atoms with Crippen LogP contribution in [0.25, 0.3) is 0 Å². The number of nitrogens with zero attached hydrogens (tertiary/aromatic N) is 1. The number of hydrogen-bond donors (Lipinski definition) is 2. The van der Waals surface area contributed by atoms with Crippen LogP contribution in [-0.4, -0.2) is 28.9 Å². The zero-order valence-electron chi connectivity index (χ0n) is 11.9. The average molecular weight is 319 g/mol. The lowest BCUT2D eigenvalue weighted by molar-refractivity contribution is -0.142. The Bertz CT molecular complexity index is 689. The number of halogens is 1. The molecule has 0 bridgehead atoms. The van der Waals surface area contributed by atoms with E-state index in [1.54, 1.807) is 0 Å². The second kappa shape index (κ2) is 6.95. The van der Waals surface area contributed by atoms with Gasteiger partial charge in [0.15, 0.2) is 0 Å². The number of anilines is 1. The fourth-order valence-electron chi connectivity index (χ4n) is 1.89. The first-order valence-corrected chi connectivity index (χ1v) is 6.94. The van der Waals surface area contributed by atoms with Crippen molar-refractivity contribution in [2.75, 3.05) is 12.4 Å². The standard InChI is InChI=1S/C16H15ClN2O3/c1-19(10-11-5-3-2-4-6-11)16(22)15(21)18-13-9-12(17)7-8-14(13)20/h2-9,20H,10H2,1H3,(H,18,21). The minimum Gasteiger partial charge on any atom is -0.506 e. The molecule has 0 unspecified atom stereocenters. The number of likely N-dealkylation sites (N-methyl/N-ethyl adjacent to an activating group) is 1. The third-order valence-corrected chi connectivity index (χ3v) is 3.25. The fraction of sp³-hybridized carbons (Fsp3) is 0.125. The molecule has 2 aromatic carbocycles. The highest BCUT2D eigenvalue weighted by atomic mass is 35.5. The Hall–Kier alpha value is -2.53. The van der Waals surface area contributed by atoms with Crippen LogP contribution in [0.3, 0.4) is 0 Å². The van der Waals surface area contributed by atoms with Gasteiger partial charge in [-0.05, 0) is 23.8 Å². The maximum absolute atomic E-state index is 12.0. The molecule has 0 aromatic heterocycles. The van der Waals surface area contributed by atoms with Crippen molar-refractivity contribution in [3.05, 3.63) is 59.1 Å². The van der Waals surface area contributed by atoms with Gasteiger partial charge < -0.3 is 15.3 Å². The van der Waals surface area contributed by atoms with E-state index in [0.717, 1.165) is 5.56 Å². The maximum Gasteiger partial charge on any atom is 0.314 e. The number of aromatic hydroxyl groups is 1. The monoisotopic (exact) mass is 318 g/mol. The number of benzene rings is 2. The highest BCUT2D eigenvalue weighted by molar-refractivity contribution is 6.39. The molecule has 5 nitrogen and oxygen atoms in total. The summed E-state index contributed by atoms with van der Waals surface area (Å²) in [6.45, 7) is 0.314. The highest BCUT2D eigenvalue weighted by Crippen LogP contribution is 2.26. The Labute approximate surface area is 133 Å². The molecule has 114 valence electrons. The molecule has 2 aromatic rings. The number of phenolic OH excluding ortho intramolecular Hbond substituents is 1. The molecule has 0 atom stereocenters. The molecule has 0 aliphatic rings. The molecule has 0 radical (unpaired) electrons. The van der Waals surface area contributed by atoms with Crippen molar-refractivity contribution in [1.29, 1.82) is 0 Å². The van der Waals surface area contributed by atoms with Gasteiger partial charge >= 0.3 is 11.8 Å². The third-order valence-electron chi connectivity index (χ3n) is 3.01. The van der Waals surface area contributed by atoms with E-state index in [0.29, 0.717) is 11.6 Å². The first-order chi connectivity index (χ1) is 10.5. The topological polar surface area (TPSA) is 69.6 Å². The molecule has 6 heteroatoms. The van der Waals surface area contributed by atoms with E-state index in [1.807, 2.05) is 30.3 Å². The molecule has 0 fully saturated rings. The summed E-state index contributed by atoms with van der Waals surface area (Å²) in [6.07, 6.45) is 0. The van der Waals surface area contributed by atoms with Crippen molar-refractivity contribution < 1.29 is 14.7 Å². The summed E-state index contributed by atoms with van der Waals surface area (Å²) < 4.78 is 0. The summed E-state index contributed by atoms with van der Waals surface area (Å²) >= 11 is 5.79. The van der Waals surface area contributed by atoms with Gasteiger partial charge in [-0.15, -0.1) is 0 Å². The Morgan fingerprint density at radius 3 is 2.55 bits per heavy atom. The predicted octanol–water partition coefficient (Wildman–Crippen LogP) is 2.64. The van der Waals surface area contributed by atoms with Crippen molar-refractivity contribution in [3.8, 4) is 5.75 Å². The van der Waals surface area contributed by atoms with E-state index < -0.39 is 11.8 Å². The van der Waals surface area contributed by atoms with Gasteiger partial charge in [-0.1, -0.05) is 41.9 Å². The zero-order chi connectivity index (χ0) is 16.1. The molecule has 0 aliphatic carbocycles. The molecular formula is C16H15ClN2O3. The molecule has 0 heterocycles. The second-order valence-corrected chi connectivity index (χ2v) is 5.20. The van der Waals surface area contributed by atoms with Crippen molar-refractivity contribution in [3.63, 3.8) is 0 Å². The molecule has 0 spiro atoms. The Balaban J connectivity index is 2.02. The molecule has 0 saturated carbocycles. The van der Waals surface area contributed by atoms with Gasteiger partial charge in [-0.2, -0.15) is 0 Å². The predicted molar refractivity (Wildman–Crippen MR) is 84.7 cm³/mol. The molecule has 2 amide bonds. The summed E-state index contributed by atoms with van der Waals surface area (Å²) in [5.41, 5.74) is 1.01. The lowest BCUT2D eigenvalue weighted by Gasteiger charge is -2.17. The lowest BCUT2D eigenvalue weighted by Crippen LogP contribution is -2.36. The van der Waals surface area contributed by atoms with Crippen LogP contribution >= 0.6 is 11.6 Å². The lowest BCUT2D eigenvalue weighted by atomic mass is 10.2. The molecule has 22 heavy (non-hydrogen) atoms. The first kappa shape index (κ1) is 15.9. The molecule has 2 rings (SSSR count). The summed E-state index contributed by atoms with van der Waals surface area (Å²) in [6, 6.07) is 13.5. The second-order valence-electron chi connectivity index (χ2n) is 4.76. The van der Waals surface area contributed by atoms with Crippen LogP contribution in [0.1, 0.15) is 5.56 Å². The third kappa shape index (κ3) is 3.99. The van der Waals surface area contributed by atoms with Gasteiger partial charge in [0.25, 0.3) is 0 Å². The number of amides is 2. The van der Waals surface area contributed by atoms with Gasteiger partial charge in [0, 0.05) is 18.6 Å². The summed E-state index contributed by atoms with van der Waals surface area (Å²) in [4.78, 5) is 25.3. The molecule has 0 aliphatic heterocycles. The van der Waals surface area contributed by atoms with Crippen molar-refractivity contribution in [1.82, 2.24) is 4.90 Å². The average Bonchev–Trinajstić information content (AvgIpc) is 2.51. The summed E-state index contributed by atoms with van der Waals surface area (Å²) in [5, 5.41) is 12.3. The number of rotatable bonds is 3. The van der Waals surface area contributed by atoms with Crippen molar-refractivity contribution in [2.45, 2.75) is 6.54 Å². The molecule has 0 saturated heterocycles. The van der Waals surface area contributed by atoms with Crippen LogP contribution in [0.15, 0.2) is 48.5 Å². The normalized spacial score (nSPS) is 10.1. The summed E-state index contributed by atoms with van der Waals surface area (Å²) in [7, 11) is 1.53. The SMILES string of the molecule is CN(Cc1ccccc1)C(=O)C(=O)Nc1cc(Cl)ccc1O. The minimum absolute atomic E-state index is 0.0963. The van der Waals surface area contributed by atoms with Gasteiger partial charge in [-0.25, -0.2) is 0 Å². The minimum atomic E-state index is -0.837. The molecule has 2 N–H and O–H groups in total. The van der Waals surface area contributed by atoms with Crippen LogP contribution in [0, 0.1) is 0 Å². The largest absolute Gasteiger partial charge is 0.506 e. The van der Waals surface area contributed by atoms with Gasteiger partial charge in [0.05, 0.1) is 5.69 Å². The van der Waals surface area contributed by atoms with E-state index in [4.69, 9.17) is 11.6 Å². The van der Waals surface area contributed by atoms with Crippen LogP contribution in [0.5, 0.6) is 5.75 Å². The number of nitrogens with one attached hydrogen (secondary N) is 1. The Morgan fingerprint density at radius 2 is 1.86 bits per heavy atom. The summed E-state index contributed by atoms with van der Waals surface area (Å²) in [5.74, 6) is -1.70. The van der Waals surface area contributed by atoms with Gasteiger partial charge in [0.2, 0.25) is 0 Å². The number of carbonyl (C=O) groups is 2. The van der Waals surface area contributed by atoms with Crippen LogP contribution in [0.2, 0.25) is 5.02 Å². The van der Waals surface area contributed by atoms with Crippen LogP contribution in [-0.2, 0) is 16.1 Å². The zero-order valence-corrected chi connectivity index (χ0v) is 12.7. The smallest absolute Gasteiger partial charge is 0.314 e. The van der Waals surface area contributed by atoms with E-state index in [1.165, 1.54) is 30.1 Å². The number of phenols is 1. The van der Waals surface area contributed by atoms with E-state index in [9.17, 15) is 14.7 Å². The van der Waals surface area contributed by atoms with Crippen LogP contribution in [0.4, 0.5) is 5.69 Å². The quantitative estimate of drug-likeness (QED) is 0.675. The highest BCUT2D eigenvalue weighted by Gasteiger charge is 2.20. The van der Waals surface area contributed by atoms with E-state index in [2.05, 4.69) is 5.32 Å². The van der Waals surface area contributed by atoms with E-state index in [-0.39, 0.29) is 11.4 Å².